The summed E-state index contributed by atoms with van der Waals surface area (Å²) < 4.78 is 60.5. The number of nitrogens with zero attached hydrogens (tertiary/aromatic N) is 1. The number of nitrogens with one attached hydrogen (secondary N) is 1. The molecule has 0 aromatic carbocycles. The Labute approximate surface area is 96.6 Å². The second-order valence-corrected chi connectivity index (χ2v) is 3.54. The molecule has 0 amide bonds. The van der Waals surface area contributed by atoms with Crippen molar-refractivity contribution in [1.82, 2.24) is 10.2 Å². The number of hydrogen-bond acceptors (Lipinski definition) is 2. The molecule has 0 spiro atoms. The number of piperazine rings is 1. The van der Waals surface area contributed by atoms with Crippen LogP contribution in [0.15, 0.2) is 0 Å². The zero-order valence-electron chi connectivity index (χ0n) is 8.49. The highest BCUT2D eigenvalue weighted by Crippen LogP contribution is 2.37. The van der Waals surface area contributed by atoms with Crippen molar-refractivity contribution >= 4 is 12.4 Å². The van der Waals surface area contributed by atoms with E-state index in [9.17, 15) is 22.0 Å². The van der Waals surface area contributed by atoms with Gasteiger partial charge in [0.05, 0.1) is 0 Å². The quantitative estimate of drug-likeness (QED) is 0.787. The van der Waals surface area contributed by atoms with Crippen LogP contribution >= 0.6 is 12.4 Å². The molecule has 1 heterocycles. The van der Waals surface area contributed by atoms with E-state index >= 15 is 0 Å². The Kier molecular flexibility index (Phi) is 5.92. The summed E-state index contributed by atoms with van der Waals surface area (Å²) in [5.74, 6) is -4.57. The lowest BCUT2D eigenvalue weighted by molar-refractivity contribution is -0.285. The Hall–Kier alpha value is -0.140. The third-order valence-electron chi connectivity index (χ3n) is 2.37. The predicted octanol–water partition coefficient (Wildman–Crippen LogP) is 1.90. The van der Waals surface area contributed by atoms with Crippen molar-refractivity contribution in [3.05, 3.63) is 0 Å². The van der Waals surface area contributed by atoms with Crippen LogP contribution in [0, 0.1) is 0 Å². The molecule has 1 saturated heterocycles. The van der Waals surface area contributed by atoms with Crippen LogP contribution in [-0.2, 0) is 0 Å². The highest BCUT2D eigenvalue weighted by Gasteiger charge is 2.56. The molecule has 1 N–H and O–H groups in total. The second kappa shape index (κ2) is 5.97. The van der Waals surface area contributed by atoms with Crippen LogP contribution in [-0.4, -0.2) is 49.7 Å². The summed E-state index contributed by atoms with van der Waals surface area (Å²) in [6.07, 6.45) is -6.59. The Balaban J connectivity index is 0.00000225. The number of rotatable bonds is 3. The van der Waals surface area contributed by atoms with Gasteiger partial charge in [0.25, 0.3) is 0 Å². The van der Waals surface area contributed by atoms with E-state index in [1.807, 2.05) is 0 Å². The second-order valence-electron chi connectivity index (χ2n) is 3.54. The van der Waals surface area contributed by atoms with E-state index < -0.39 is 18.5 Å². The minimum atomic E-state index is -5.43. The van der Waals surface area contributed by atoms with Crippen molar-refractivity contribution in [3.63, 3.8) is 0 Å². The number of hydrogen-bond donors (Lipinski definition) is 1. The maximum Gasteiger partial charge on any atom is 0.453 e. The lowest BCUT2D eigenvalue weighted by Crippen LogP contribution is -2.46. The molecule has 0 unspecified atom stereocenters. The maximum atomic E-state index is 12.5. The first-order valence-electron chi connectivity index (χ1n) is 4.70. The molecule has 2 nitrogen and oxygen atoms in total. The Morgan fingerprint density at radius 3 is 1.94 bits per heavy atom. The average Bonchev–Trinajstić information content (AvgIpc) is 2.15. The van der Waals surface area contributed by atoms with Crippen LogP contribution < -0.4 is 5.32 Å². The summed E-state index contributed by atoms with van der Waals surface area (Å²) in [7, 11) is 0. The molecule has 1 rings (SSSR count). The third-order valence-corrected chi connectivity index (χ3v) is 2.37. The fourth-order valence-electron chi connectivity index (χ4n) is 1.38. The van der Waals surface area contributed by atoms with Gasteiger partial charge in [0.1, 0.15) is 0 Å². The van der Waals surface area contributed by atoms with E-state index in [0.717, 1.165) is 0 Å². The third kappa shape index (κ3) is 4.39. The molecule has 0 bridgehead atoms. The van der Waals surface area contributed by atoms with Gasteiger partial charge in [-0.3, -0.25) is 0 Å². The molecule has 0 radical (unpaired) electrons. The van der Waals surface area contributed by atoms with Crippen molar-refractivity contribution in [2.24, 2.45) is 0 Å². The first-order chi connectivity index (χ1) is 6.83. The van der Waals surface area contributed by atoms with Gasteiger partial charge >= 0.3 is 12.1 Å². The smallest absolute Gasteiger partial charge is 0.314 e. The van der Waals surface area contributed by atoms with E-state index in [1.165, 1.54) is 0 Å². The minimum absolute atomic E-state index is 0. The van der Waals surface area contributed by atoms with Crippen LogP contribution in [0.1, 0.15) is 6.42 Å². The molecule has 0 atom stereocenters. The lowest BCUT2D eigenvalue weighted by Gasteiger charge is -2.29. The average molecular weight is 269 g/mol. The van der Waals surface area contributed by atoms with E-state index in [-0.39, 0.29) is 19.0 Å². The molecule has 1 aliphatic heterocycles. The van der Waals surface area contributed by atoms with Gasteiger partial charge in [-0.05, 0) is 0 Å². The fourth-order valence-corrected chi connectivity index (χ4v) is 1.38. The zero-order valence-corrected chi connectivity index (χ0v) is 9.30. The van der Waals surface area contributed by atoms with Gasteiger partial charge in [-0.2, -0.15) is 22.0 Å². The number of alkyl halides is 5. The maximum absolute atomic E-state index is 12.5. The molecule has 98 valence electrons. The Morgan fingerprint density at radius 2 is 1.50 bits per heavy atom. The van der Waals surface area contributed by atoms with Gasteiger partial charge in [0.2, 0.25) is 0 Å². The van der Waals surface area contributed by atoms with E-state index in [2.05, 4.69) is 5.32 Å². The topological polar surface area (TPSA) is 15.3 Å². The van der Waals surface area contributed by atoms with Gasteiger partial charge < -0.3 is 10.2 Å². The lowest BCUT2D eigenvalue weighted by atomic mass is 10.2. The molecule has 0 aromatic rings. The van der Waals surface area contributed by atoms with E-state index in [0.29, 0.717) is 26.2 Å². The van der Waals surface area contributed by atoms with Crippen molar-refractivity contribution in [2.75, 3.05) is 32.7 Å². The van der Waals surface area contributed by atoms with Gasteiger partial charge in [-0.15, -0.1) is 12.4 Å². The molecule has 1 aliphatic rings. The normalized spacial score (nSPS) is 19.3. The summed E-state index contributed by atoms with van der Waals surface area (Å²) in [4.78, 5) is 1.61. The van der Waals surface area contributed by atoms with Crippen LogP contribution in [0.5, 0.6) is 0 Å². The summed E-state index contributed by atoms with van der Waals surface area (Å²) in [5.41, 5.74) is 0. The SMILES string of the molecule is Cl.FC(F)(F)C(F)(F)CCN1CCNCC1. The molecule has 0 saturated carbocycles. The highest BCUT2D eigenvalue weighted by atomic mass is 35.5. The molecular formula is C8H14ClF5N2. The standard InChI is InChI=1S/C8H13F5N2.ClH/c9-7(10,8(11,12)13)1-4-15-5-2-14-3-6-15;/h14H,1-6H2;1H. The van der Waals surface area contributed by atoms with E-state index in [1.54, 1.807) is 4.90 Å². The van der Waals surface area contributed by atoms with Crippen molar-refractivity contribution in [3.8, 4) is 0 Å². The molecule has 1 fully saturated rings. The monoisotopic (exact) mass is 268 g/mol. The Bertz CT molecular complexity index is 203. The minimum Gasteiger partial charge on any atom is -0.314 e. The predicted molar refractivity (Wildman–Crippen MR) is 52.2 cm³/mol. The Morgan fingerprint density at radius 1 is 1.00 bits per heavy atom. The van der Waals surface area contributed by atoms with E-state index in [4.69, 9.17) is 0 Å². The van der Waals surface area contributed by atoms with Crippen LogP contribution in [0.2, 0.25) is 0 Å². The first-order valence-corrected chi connectivity index (χ1v) is 4.70. The number of halogens is 6. The summed E-state index contributed by atoms with van der Waals surface area (Å²) in [5, 5.41) is 2.99. The molecule has 0 aromatic heterocycles. The molecule has 0 aliphatic carbocycles. The fraction of sp³-hybridized carbons (Fsp3) is 1.00. The largest absolute Gasteiger partial charge is 0.453 e. The van der Waals surface area contributed by atoms with Crippen LogP contribution in [0.3, 0.4) is 0 Å². The van der Waals surface area contributed by atoms with Crippen LogP contribution in [0.25, 0.3) is 0 Å². The molecular weight excluding hydrogens is 255 g/mol. The van der Waals surface area contributed by atoms with Crippen molar-refractivity contribution in [1.29, 1.82) is 0 Å². The summed E-state index contributed by atoms with van der Waals surface area (Å²) in [6, 6.07) is 0. The van der Waals surface area contributed by atoms with Crippen molar-refractivity contribution in [2.45, 2.75) is 18.5 Å². The first kappa shape index (κ1) is 15.9. The summed E-state index contributed by atoms with van der Waals surface area (Å²) in [6.45, 7) is 2.10. The molecule has 16 heavy (non-hydrogen) atoms. The zero-order chi connectivity index (χ0) is 11.5. The summed E-state index contributed by atoms with van der Waals surface area (Å²) >= 11 is 0. The van der Waals surface area contributed by atoms with Gasteiger partial charge in [0, 0.05) is 39.1 Å². The van der Waals surface area contributed by atoms with Crippen LogP contribution in [0.4, 0.5) is 22.0 Å². The van der Waals surface area contributed by atoms with Crippen molar-refractivity contribution < 1.29 is 22.0 Å². The van der Waals surface area contributed by atoms with Gasteiger partial charge in [-0.1, -0.05) is 0 Å². The highest BCUT2D eigenvalue weighted by molar-refractivity contribution is 5.85. The van der Waals surface area contributed by atoms with Gasteiger partial charge in [0.15, 0.2) is 0 Å². The van der Waals surface area contributed by atoms with Gasteiger partial charge in [-0.25, -0.2) is 0 Å². The molecule has 8 heteroatoms.